The number of ether oxygens (including phenoxy) is 1. The molecule has 0 aromatic heterocycles. The molecule has 3 heteroatoms. The van der Waals surface area contributed by atoms with Crippen LogP contribution in [0.15, 0.2) is 24.3 Å². The van der Waals surface area contributed by atoms with Gasteiger partial charge in [-0.2, -0.15) is 0 Å². The molecule has 0 aliphatic carbocycles. The average Bonchev–Trinajstić information content (AvgIpc) is 2.30. The van der Waals surface area contributed by atoms with Crippen LogP contribution in [0.1, 0.15) is 25.3 Å². The second-order valence-electron chi connectivity index (χ2n) is 3.73. The molecule has 90 valence electrons. The summed E-state index contributed by atoms with van der Waals surface area (Å²) in [7, 11) is 0. The summed E-state index contributed by atoms with van der Waals surface area (Å²) in [5, 5.41) is 3.20. The summed E-state index contributed by atoms with van der Waals surface area (Å²) in [6, 6.07) is 6.85. The molecule has 0 saturated carbocycles. The fourth-order valence-corrected chi connectivity index (χ4v) is 1.41. The molecule has 16 heavy (non-hydrogen) atoms. The number of nitrogens with one attached hydrogen (secondary N) is 1. The Bertz CT molecular complexity index is 291. The molecule has 0 saturated heterocycles. The summed E-state index contributed by atoms with van der Waals surface area (Å²) < 4.78 is 18.5. The minimum Gasteiger partial charge on any atom is -0.381 e. The van der Waals surface area contributed by atoms with Crippen molar-refractivity contribution >= 4 is 0 Å². The molecule has 0 bridgehead atoms. The quantitative estimate of drug-likeness (QED) is 0.687. The Balaban J connectivity index is 2.05. The summed E-state index contributed by atoms with van der Waals surface area (Å²) in [6.45, 7) is 5.14. The van der Waals surface area contributed by atoms with Gasteiger partial charge in [0.1, 0.15) is 5.82 Å². The van der Waals surface area contributed by atoms with E-state index in [0.29, 0.717) is 6.54 Å². The Morgan fingerprint density at radius 3 is 2.81 bits per heavy atom. The Morgan fingerprint density at radius 1 is 1.25 bits per heavy atom. The Labute approximate surface area is 96.8 Å². The molecule has 0 unspecified atom stereocenters. The molecule has 0 aliphatic rings. The van der Waals surface area contributed by atoms with E-state index in [0.717, 1.165) is 38.2 Å². The number of rotatable bonds is 8. The Morgan fingerprint density at radius 2 is 2.06 bits per heavy atom. The van der Waals surface area contributed by atoms with Crippen LogP contribution in [-0.2, 0) is 11.3 Å². The van der Waals surface area contributed by atoms with Crippen LogP contribution in [0.4, 0.5) is 4.39 Å². The first-order valence-electron chi connectivity index (χ1n) is 5.86. The SMILES string of the molecule is CCCOCCCNCc1ccccc1F. The Kier molecular flexibility index (Phi) is 6.77. The smallest absolute Gasteiger partial charge is 0.127 e. The van der Waals surface area contributed by atoms with Crippen LogP contribution in [0.5, 0.6) is 0 Å². The van der Waals surface area contributed by atoms with Gasteiger partial charge in [-0.3, -0.25) is 0 Å². The first-order valence-corrected chi connectivity index (χ1v) is 5.86. The lowest BCUT2D eigenvalue weighted by molar-refractivity contribution is 0.132. The largest absolute Gasteiger partial charge is 0.381 e. The van der Waals surface area contributed by atoms with Gasteiger partial charge in [0.15, 0.2) is 0 Å². The molecule has 0 spiro atoms. The monoisotopic (exact) mass is 225 g/mol. The maximum absolute atomic E-state index is 13.2. The molecule has 1 N–H and O–H groups in total. The molecular formula is C13H20FNO. The van der Waals surface area contributed by atoms with Gasteiger partial charge in [-0.1, -0.05) is 25.1 Å². The van der Waals surface area contributed by atoms with Gasteiger partial charge in [0, 0.05) is 25.3 Å². The van der Waals surface area contributed by atoms with E-state index in [4.69, 9.17) is 4.74 Å². The average molecular weight is 225 g/mol. The van der Waals surface area contributed by atoms with E-state index in [9.17, 15) is 4.39 Å². The van der Waals surface area contributed by atoms with Crippen LogP contribution in [0.2, 0.25) is 0 Å². The zero-order valence-corrected chi connectivity index (χ0v) is 9.84. The van der Waals surface area contributed by atoms with E-state index in [-0.39, 0.29) is 5.82 Å². The molecule has 0 atom stereocenters. The van der Waals surface area contributed by atoms with Gasteiger partial charge >= 0.3 is 0 Å². The van der Waals surface area contributed by atoms with Crippen molar-refractivity contribution in [1.29, 1.82) is 0 Å². The van der Waals surface area contributed by atoms with E-state index in [1.165, 1.54) is 6.07 Å². The normalized spacial score (nSPS) is 10.6. The summed E-state index contributed by atoms with van der Waals surface area (Å²) in [4.78, 5) is 0. The van der Waals surface area contributed by atoms with Gasteiger partial charge in [0.25, 0.3) is 0 Å². The molecule has 0 fully saturated rings. The minimum atomic E-state index is -0.141. The van der Waals surface area contributed by atoms with E-state index < -0.39 is 0 Å². The van der Waals surface area contributed by atoms with Crippen molar-refractivity contribution in [1.82, 2.24) is 5.32 Å². The minimum absolute atomic E-state index is 0.141. The number of halogens is 1. The van der Waals surface area contributed by atoms with Gasteiger partial charge in [-0.15, -0.1) is 0 Å². The lowest BCUT2D eigenvalue weighted by atomic mass is 10.2. The van der Waals surface area contributed by atoms with Crippen LogP contribution in [-0.4, -0.2) is 19.8 Å². The zero-order valence-electron chi connectivity index (χ0n) is 9.84. The van der Waals surface area contributed by atoms with Crippen molar-refractivity contribution in [2.45, 2.75) is 26.3 Å². The predicted molar refractivity (Wildman–Crippen MR) is 63.8 cm³/mol. The van der Waals surface area contributed by atoms with Crippen molar-refractivity contribution in [2.75, 3.05) is 19.8 Å². The fraction of sp³-hybridized carbons (Fsp3) is 0.538. The van der Waals surface area contributed by atoms with Crippen LogP contribution < -0.4 is 5.32 Å². The lowest BCUT2D eigenvalue weighted by Gasteiger charge is -2.06. The van der Waals surface area contributed by atoms with Crippen molar-refractivity contribution in [2.24, 2.45) is 0 Å². The molecule has 1 rings (SSSR count). The van der Waals surface area contributed by atoms with Gasteiger partial charge in [0.2, 0.25) is 0 Å². The third-order valence-corrected chi connectivity index (χ3v) is 2.26. The highest BCUT2D eigenvalue weighted by Gasteiger charge is 1.98. The maximum atomic E-state index is 13.2. The highest BCUT2D eigenvalue weighted by atomic mass is 19.1. The molecular weight excluding hydrogens is 205 g/mol. The summed E-state index contributed by atoms with van der Waals surface area (Å²) in [5.41, 5.74) is 0.719. The van der Waals surface area contributed by atoms with E-state index >= 15 is 0 Å². The third kappa shape index (κ3) is 5.24. The Hall–Kier alpha value is -0.930. The van der Waals surface area contributed by atoms with Crippen molar-refractivity contribution in [3.05, 3.63) is 35.6 Å². The predicted octanol–water partition coefficient (Wildman–Crippen LogP) is 2.73. The van der Waals surface area contributed by atoms with Gasteiger partial charge in [-0.25, -0.2) is 4.39 Å². The van der Waals surface area contributed by atoms with Crippen molar-refractivity contribution in [3.63, 3.8) is 0 Å². The van der Waals surface area contributed by atoms with Gasteiger partial charge < -0.3 is 10.1 Å². The van der Waals surface area contributed by atoms with E-state index in [2.05, 4.69) is 12.2 Å². The maximum Gasteiger partial charge on any atom is 0.127 e. The number of hydrogen-bond acceptors (Lipinski definition) is 2. The van der Waals surface area contributed by atoms with E-state index in [1.54, 1.807) is 12.1 Å². The van der Waals surface area contributed by atoms with Crippen molar-refractivity contribution < 1.29 is 9.13 Å². The first kappa shape index (κ1) is 13.1. The second-order valence-corrected chi connectivity index (χ2v) is 3.73. The topological polar surface area (TPSA) is 21.3 Å². The van der Waals surface area contributed by atoms with Gasteiger partial charge in [0.05, 0.1) is 0 Å². The highest BCUT2D eigenvalue weighted by Crippen LogP contribution is 2.05. The molecule has 0 aliphatic heterocycles. The van der Waals surface area contributed by atoms with Crippen LogP contribution in [0, 0.1) is 5.82 Å². The molecule has 0 radical (unpaired) electrons. The molecule has 0 heterocycles. The van der Waals surface area contributed by atoms with Crippen molar-refractivity contribution in [3.8, 4) is 0 Å². The second kappa shape index (κ2) is 8.25. The standard InChI is InChI=1S/C13H20FNO/c1-2-9-16-10-5-8-15-11-12-6-3-4-7-13(12)14/h3-4,6-7,15H,2,5,8-11H2,1H3. The van der Waals surface area contributed by atoms with Gasteiger partial charge in [-0.05, 0) is 25.5 Å². The number of hydrogen-bond donors (Lipinski definition) is 1. The third-order valence-electron chi connectivity index (χ3n) is 2.26. The summed E-state index contributed by atoms with van der Waals surface area (Å²) >= 11 is 0. The fourth-order valence-electron chi connectivity index (χ4n) is 1.41. The highest BCUT2D eigenvalue weighted by molar-refractivity contribution is 5.16. The van der Waals surface area contributed by atoms with E-state index in [1.807, 2.05) is 6.07 Å². The molecule has 1 aromatic rings. The van der Waals surface area contributed by atoms with Crippen LogP contribution >= 0.6 is 0 Å². The molecule has 1 aromatic carbocycles. The number of benzene rings is 1. The molecule has 0 amide bonds. The zero-order chi connectivity index (χ0) is 11.6. The molecule has 2 nitrogen and oxygen atoms in total. The van der Waals surface area contributed by atoms with Crippen LogP contribution in [0.3, 0.4) is 0 Å². The first-order chi connectivity index (χ1) is 7.84. The lowest BCUT2D eigenvalue weighted by Crippen LogP contribution is -2.17. The summed E-state index contributed by atoms with van der Waals surface area (Å²) in [5.74, 6) is -0.141. The summed E-state index contributed by atoms with van der Waals surface area (Å²) in [6.07, 6.45) is 2.02. The van der Waals surface area contributed by atoms with Crippen LogP contribution in [0.25, 0.3) is 0 Å².